The molecule has 3 rings (SSSR count). The number of nitrogens with one attached hydrogen (secondary N) is 1. The molecule has 3 aromatic rings. The van der Waals surface area contributed by atoms with Crippen LogP contribution in [0.5, 0.6) is 0 Å². The van der Waals surface area contributed by atoms with E-state index >= 15 is 0 Å². The van der Waals surface area contributed by atoms with Crippen molar-refractivity contribution in [3.05, 3.63) is 76.5 Å². The Morgan fingerprint density at radius 1 is 1.29 bits per heavy atom. The van der Waals surface area contributed by atoms with Gasteiger partial charge in [0.15, 0.2) is 0 Å². The van der Waals surface area contributed by atoms with E-state index in [1.807, 2.05) is 0 Å². The Morgan fingerprint density at radius 2 is 2.12 bits per heavy atom. The average Bonchev–Trinajstić information content (AvgIpc) is 3.11. The van der Waals surface area contributed by atoms with E-state index in [1.54, 1.807) is 54.5 Å². The molecule has 120 valence electrons. The fourth-order valence-corrected chi connectivity index (χ4v) is 2.15. The molecule has 0 saturated carbocycles. The first-order valence-electron chi connectivity index (χ1n) is 7.05. The van der Waals surface area contributed by atoms with E-state index in [0.717, 1.165) is 0 Å². The van der Waals surface area contributed by atoms with Crippen molar-refractivity contribution >= 4 is 17.3 Å². The Labute approximate surface area is 136 Å². The fourth-order valence-electron chi connectivity index (χ4n) is 2.15. The number of anilines is 1. The highest BCUT2D eigenvalue weighted by atomic mass is 16.6. The highest BCUT2D eigenvalue weighted by molar-refractivity contribution is 6.04. The Kier molecular flexibility index (Phi) is 4.02. The molecule has 24 heavy (non-hydrogen) atoms. The molecule has 2 aromatic heterocycles. The molecule has 0 aliphatic carbocycles. The lowest BCUT2D eigenvalue weighted by atomic mass is 10.1. The number of nitro benzene ring substituents is 1. The Hall–Kier alpha value is -3.55. The number of imidazole rings is 1. The first-order chi connectivity index (χ1) is 11.5. The molecule has 1 N–H and O–H groups in total. The molecule has 1 amide bonds. The van der Waals surface area contributed by atoms with Gasteiger partial charge < -0.3 is 5.32 Å². The highest BCUT2D eigenvalue weighted by Gasteiger charge is 2.13. The first-order valence-corrected chi connectivity index (χ1v) is 7.05. The number of carbonyl (C=O) groups is 1. The number of nitrogens with zero attached hydrogens (tertiary/aromatic N) is 4. The number of aromatic nitrogens is 3. The SMILES string of the molecule is Cc1ccc(NC(=O)c2ccc(-n3ccnc3)nc2)cc1[N+](=O)[O-]. The van der Waals surface area contributed by atoms with Crippen LogP contribution in [0.2, 0.25) is 0 Å². The molecule has 0 bridgehead atoms. The second-order valence-electron chi connectivity index (χ2n) is 5.09. The number of aryl methyl sites for hydroxylation is 1. The van der Waals surface area contributed by atoms with Gasteiger partial charge in [0, 0.05) is 35.9 Å². The molecule has 0 spiro atoms. The minimum absolute atomic E-state index is 0.0404. The molecule has 0 aliphatic heterocycles. The molecule has 0 unspecified atom stereocenters. The van der Waals surface area contributed by atoms with E-state index in [1.165, 1.54) is 12.3 Å². The van der Waals surface area contributed by atoms with E-state index in [2.05, 4.69) is 15.3 Å². The van der Waals surface area contributed by atoms with Crippen LogP contribution >= 0.6 is 0 Å². The quantitative estimate of drug-likeness (QED) is 0.587. The summed E-state index contributed by atoms with van der Waals surface area (Å²) in [4.78, 5) is 30.8. The van der Waals surface area contributed by atoms with Crippen LogP contribution in [0.4, 0.5) is 11.4 Å². The molecular weight excluding hydrogens is 310 g/mol. The number of pyridine rings is 1. The second kappa shape index (κ2) is 6.29. The lowest BCUT2D eigenvalue weighted by Gasteiger charge is -2.07. The number of benzene rings is 1. The number of carbonyl (C=O) groups excluding carboxylic acids is 1. The van der Waals surface area contributed by atoms with Crippen molar-refractivity contribution < 1.29 is 9.72 Å². The zero-order valence-corrected chi connectivity index (χ0v) is 12.7. The monoisotopic (exact) mass is 323 g/mol. The fraction of sp³-hybridized carbons (Fsp3) is 0.0625. The number of amides is 1. The molecule has 1 aromatic carbocycles. The number of hydrogen-bond donors (Lipinski definition) is 1. The van der Waals surface area contributed by atoms with Gasteiger partial charge in [-0.3, -0.25) is 19.5 Å². The standard InChI is InChI=1S/C16H13N5O3/c1-11-2-4-13(8-14(11)21(23)24)19-16(22)12-3-5-15(18-9-12)20-7-6-17-10-20/h2-10H,1H3,(H,19,22). The summed E-state index contributed by atoms with van der Waals surface area (Å²) in [6.07, 6.45) is 6.42. The lowest BCUT2D eigenvalue weighted by Crippen LogP contribution is -2.12. The van der Waals surface area contributed by atoms with Crippen LogP contribution in [-0.2, 0) is 0 Å². The van der Waals surface area contributed by atoms with E-state index < -0.39 is 10.8 Å². The van der Waals surface area contributed by atoms with Crippen LogP contribution in [0.15, 0.2) is 55.2 Å². The van der Waals surface area contributed by atoms with Crippen molar-refractivity contribution in [1.82, 2.24) is 14.5 Å². The maximum atomic E-state index is 12.2. The molecule has 0 atom stereocenters. The van der Waals surface area contributed by atoms with E-state index in [0.29, 0.717) is 22.6 Å². The summed E-state index contributed by atoms with van der Waals surface area (Å²) < 4.78 is 1.71. The predicted octanol–water partition coefficient (Wildman–Crippen LogP) is 2.74. The molecule has 0 aliphatic rings. The van der Waals surface area contributed by atoms with Crippen LogP contribution < -0.4 is 5.32 Å². The topological polar surface area (TPSA) is 103 Å². The van der Waals surface area contributed by atoms with Gasteiger partial charge >= 0.3 is 0 Å². The maximum Gasteiger partial charge on any atom is 0.274 e. The number of hydrogen-bond acceptors (Lipinski definition) is 5. The van der Waals surface area contributed by atoms with Gasteiger partial charge in [-0.1, -0.05) is 6.07 Å². The molecule has 0 saturated heterocycles. The van der Waals surface area contributed by atoms with Gasteiger partial charge in [0.05, 0.1) is 10.5 Å². The number of rotatable bonds is 4. The minimum Gasteiger partial charge on any atom is -0.322 e. The second-order valence-corrected chi connectivity index (χ2v) is 5.09. The van der Waals surface area contributed by atoms with Gasteiger partial charge in [-0.15, -0.1) is 0 Å². The van der Waals surface area contributed by atoms with Crippen LogP contribution in [0.3, 0.4) is 0 Å². The Morgan fingerprint density at radius 3 is 2.75 bits per heavy atom. The molecule has 2 heterocycles. The van der Waals surface area contributed by atoms with Gasteiger partial charge in [-0.2, -0.15) is 0 Å². The van der Waals surface area contributed by atoms with Crippen LogP contribution in [0.25, 0.3) is 5.82 Å². The minimum atomic E-state index is -0.480. The van der Waals surface area contributed by atoms with E-state index in [4.69, 9.17) is 0 Å². The van der Waals surface area contributed by atoms with Gasteiger partial charge in [-0.05, 0) is 25.1 Å². The Balaban J connectivity index is 1.78. The molecule has 8 heteroatoms. The third-order valence-electron chi connectivity index (χ3n) is 3.44. The number of nitro groups is 1. The van der Waals surface area contributed by atoms with E-state index in [-0.39, 0.29) is 5.69 Å². The third-order valence-corrected chi connectivity index (χ3v) is 3.44. The van der Waals surface area contributed by atoms with Crippen LogP contribution in [0.1, 0.15) is 15.9 Å². The summed E-state index contributed by atoms with van der Waals surface area (Å²) in [5.41, 5.74) is 1.20. The van der Waals surface area contributed by atoms with Crippen LogP contribution in [-0.4, -0.2) is 25.4 Å². The summed E-state index contributed by atoms with van der Waals surface area (Å²) >= 11 is 0. The smallest absolute Gasteiger partial charge is 0.274 e. The lowest BCUT2D eigenvalue weighted by molar-refractivity contribution is -0.385. The Bertz CT molecular complexity index is 889. The highest BCUT2D eigenvalue weighted by Crippen LogP contribution is 2.22. The van der Waals surface area contributed by atoms with Crippen molar-refractivity contribution in [2.75, 3.05) is 5.32 Å². The van der Waals surface area contributed by atoms with Gasteiger partial charge in [0.1, 0.15) is 12.1 Å². The van der Waals surface area contributed by atoms with Gasteiger partial charge in [0.25, 0.3) is 11.6 Å². The summed E-state index contributed by atoms with van der Waals surface area (Å²) in [6, 6.07) is 7.86. The predicted molar refractivity (Wildman–Crippen MR) is 87.1 cm³/mol. The average molecular weight is 323 g/mol. The zero-order chi connectivity index (χ0) is 17.1. The van der Waals surface area contributed by atoms with E-state index in [9.17, 15) is 14.9 Å². The molecule has 0 radical (unpaired) electrons. The molecular formula is C16H13N5O3. The van der Waals surface area contributed by atoms with Crippen molar-refractivity contribution in [2.45, 2.75) is 6.92 Å². The summed E-state index contributed by atoms with van der Waals surface area (Å²) in [5.74, 6) is 0.243. The first kappa shape index (κ1) is 15.3. The largest absolute Gasteiger partial charge is 0.322 e. The van der Waals surface area contributed by atoms with Gasteiger partial charge in [0.2, 0.25) is 0 Å². The third kappa shape index (κ3) is 3.12. The zero-order valence-electron chi connectivity index (χ0n) is 12.7. The maximum absolute atomic E-state index is 12.2. The van der Waals surface area contributed by atoms with Crippen molar-refractivity contribution in [1.29, 1.82) is 0 Å². The van der Waals surface area contributed by atoms with Crippen molar-refractivity contribution in [3.63, 3.8) is 0 Å². The molecule has 8 nitrogen and oxygen atoms in total. The van der Waals surface area contributed by atoms with Crippen molar-refractivity contribution in [2.24, 2.45) is 0 Å². The van der Waals surface area contributed by atoms with Crippen molar-refractivity contribution in [3.8, 4) is 5.82 Å². The normalized spacial score (nSPS) is 10.4. The summed E-state index contributed by atoms with van der Waals surface area (Å²) in [6.45, 7) is 1.64. The van der Waals surface area contributed by atoms with Gasteiger partial charge in [-0.25, -0.2) is 9.97 Å². The summed E-state index contributed by atoms with van der Waals surface area (Å²) in [5, 5.41) is 13.6. The summed E-state index contributed by atoms with van der Waals surface area (Å²) in [7, 11) is 0. The van der Waals surface area contributed by atoms with Crippen LogP contribution in [0, 0.1) is 17.0 Å². The molecule has 0 fully saturated rings.